The van der Waals surface area contributed by atoms with Gasteiger partial charge in [-0.1, -0.05) is 73.7 Å². The number of rotatable bonds is 3. The number of carbonyl (C=O) groups excluding carboxylic acids is 3. The van der Waals surface area contributed by atoms with Crippen molar-refractivity contribution in [2.45, 2.75) is 43.2 Å². The minimum absolute atomic E-state index is 0.0840. The Balaban J connectivity index is 1.45. The van der Waals surface area contributed by atoms with Crippen LogP contribution in [0.5, 0.6) is 0 Å². The first-order valence-corrected chi connectivity index (χ1v) is 14.2. The van der Waals surface area contributed by atoms with Crippen molar-refractivity contribution in [2.24, 2.45) is 5.92 Å². The van der Waals surface area contributed by atoms with Crippen LogP contribution in [-0.4, -0.2) is 35.1 Å². The fourth-order valence-electron chi connectivity index (χ4n) is 8.37. The van der Waals surface area contributed by atoms with E-state index in [1.807, 2.05) is 78.9 Å². The highest BCUT2D eigenvalue weighted by Crippen LogP contribution is 2.67. The number of nitrogens with one attached hydrogen (secondary N) is 2. The highest BCUT2D eigenvalue weighted by atomic mass is 16.2. The maximum absolute atomic E-state index is 14.9. The molecule has 4 aromatic carbocycles. The van der Waals surface area contributed by atoms with E-state index in [2.05, 4.69) is 28.5 Å². The summed E-state index contributed by atoms with van der Waals surface area (Å²) in [6.07, 6.45) is 2.42. The van der Waals surface area contributed by atoms with Crippen LogP contribution in [0.3, 0.4) is 0 Å². The lowest BCUT2D eigenvalue weighted by molar-refractivity contribution is -0.137. The van der Waals surface area contributed by atoms with Crippen molar-refractivity contribution in [1.29, 1.82) is 0 Å². The normalized spacial score (nSPS) is 28.1. The summed E-state index contributed by atoms with van der Waals surface area (Å²) in [5.41, 5.74) is 1.87. The molecule has 0 aromatic heterocycles. The third kappa shape index (κ3) is 2.65. The fraction of sp³-hybridized carbons (Fsp3) is 0.265. The van der Waals surface area contributed by atoms with Crippen LogP contribution in [0.1, 0.15) is 46.8 Å². The molecule has 4 aromatic rings. The van der Waals surface area contributed by atoms with Crippen LogP contribution in [0.15, 0.2) is 84.9 Å². The summed E-state index contributed by atoms with van der Waals surface area (Å²) in [4.78, 5) is 46.3. The summed E-state index contributed by atoms with van der Waals surface area (Å²) in [5, 5.41) is 8.30. The lowest BCUT2D eigenvalue weighted by atomic mass is 9.57. The molecule has 2 N–H and O–H groups in total. The second kappa shape index (κ2) is 8.12. The van der Waals surface area contributed by atoms with E-state index < -0.39 is 16.9 Å². The Hall–Kier alpha value is -4.29. The molecule has 4 aliphatic heterocycles. The largest absolute Gasteiger partial charge is 0.325 e. The van der Waals surface area contributed by atoms with E-state index in [-0.39, 0.29) is 23.6 Å². The fourth-order valence-corrected chi connectivity index (χ4v) is 8.37. The van der Waals surface area contributed by atoms with Gasteiger partial charge in [0.25, 0.3) is 5.91 Å². The van der Waals surface area contributed by atoms with Crippen molar-refractivity contribution < 1.29 is 14.4 Å². The number of anilines is 2. The standard InChI is InChI=1S/C34H29N3O3/c1-2-20-13-16-27-25(18-20)34(32(40)36-27)33(24-10-5-6-11-26(24)35-31(33)39)29(28-12-7-17-37(28)34)30(38)23-15-14-21-8-3-4-9-22(21)19-23/h3-6,8-11,13-16,18-19,28-29H,2,7,12,17H2,1H3,(H,35,39)(H,36,40)/t28-,29-,33-,34+/m1/s1. The molecule has 0 radical (unpaired) electrons. The second-order valence-corrected chi connectivity index (χ2v) is 11.5. The zero-order chi connectivity index (χ0) is 27.2. The molecular weight excluding hydrogens is 498 g/mol. The molecule has 2 saturated heterocycles. The van der Waals surface area contributed by atoms with Crippen molar-refractivity contribution >= 4 is 39.7 Å². The Bertz CT molecular complexity index is 1780. The number of nitrogens with zero attached hydrogens (tertiary/aromatic N) is 1. The van der Waals surface area contributed by atoms with Gasteiger partial charge in [0.05, 0.1) is 5.92 Å². The molecule has 8 rings (SSSR count). The van der Waals surface area contributed by atoms with E-state index in [0.29, 0.717) is 17.8 Å². The van der Waals surface area contributed by atoms with Crippen molar-refractivity contribution in [3.63, 3.8) is 0 Å². The number of para-hydroxylation sites is 1. The van der Waals surface area contributed by atoms with Crippen LogP contribution in [0.25, 0.3) is 10.8 Å². The minimum atomic E-state index is -1.42. The predicted molar refractivity (Wildman–Crippen MR) is 154 cm³/mol. The summed E-state index contributed by atoms with van der Waals surface area (Å²) >= 11 is 0. The van der Waals surface area contributed by atoms with Gasteiger partial charge in [-0.2, -0.15) is 0 Å². The average molecular weight is 528 g/mol. The molecular formula is C34H29N3O3. The number of benzene rings is 4. The maximum atomic E-state index is 14.9. The van der Waals surface area contributed by atoms with Crippen LogP contribution in [-0.2, 0) is 27.0 Å². The Morgan fingerprint density at radius 2 is 1.60 bits per heavy atom. The van der Waals surface area contributed by atoms with E-state index in [1.54, 1.807) is 0 Å². The first-order valence-electron chi connectivity index (χ1n) is 14.2. The number of amides is 2. The molecule has 0 bridgehead atoms. The summed E-state index contributed by atoms with van der Waals surface area (Å²) in [6, 6.07) is 27.2. The van der Waals surface area contributed by atoms with Gasteiger partial charge in [0.2, 0.25) is 5.91 Å². The molecule has 6 heteroatoms. The monoisotopic (exact) mass is 527 g/mol. The molecule has 0 saturated carbocycles. The highest BCUT2D eigenvalue weighted by Gasteiger charge is 2.81. The van der Waals surface area contributed by atoms with E-state index in [4.69, 9.17) is 0 Å². The molecule has 0 unspecified atom stereocenters. The molecule has 4 aliphatic rings. The van der Waals surface area contributed by atoms with Crippen molar-refractivity contribution in [1.82, 2.24) is 4.90 Å². The topological polar surface area (TPSA) is 78.5 Å². The number of Topliss-reactive ketones (excluding diaryl/α,β-unsaturated/α-hetero) is 1. The van der Waals surface area contributed by atoms with E-state index in [0.717, 1.165) is 52.4 Å². The van der Waals surface area contributed by atoms with Gasteiger partial charge in [-0.25, -0.2) is 0 Å². The number of hydrogen-bond acceptors (Lipinski definition) is 4. The highest BCUT2D eigenvalue weighted by molar-refractivity contribution is 6.21. The number of fused-ring (bicyclic) bond motifs is 8. The second-order valence-electron chi connectivity index (χ2n) is 11.5. The zero-order valence-corrected chi connectivity index (χ0v) is 22.2. The summed E-state index contributed by atoms with van der Waals surface area (Å²) < 4.78 is 0. The van der Waals surface area contributed by atoms with Gasteiger partial charge in [-0.15, -0.1) is 0 Å². The van der Waals surface area contributed by atoms with E-state index in [9.17, 15) is 14.4 Å². The molecule has 2 fully saturated rings. The SMILES string of the molecule is CCc1ccc2c(c1)[C@@]1(C(=O)N2)N2CCC[C@@H]2[C@H](C(=O)c2ccc3ccccc3c2)[C@]12C(=O)Nc1ccccc12. The van der Waals surface area contributed by atoms with Crippen LogP contribution >= 0.6 is 0 Å². The minimum Gasteiger partial charge on any atom is -0.325 e. The smallest absolute Gasteiger partial charge is 0.251 e. The van der Waals surface area contributed by atoms with Crippen LogP contribution in [0, 0.1) is 5.92 Å². The molecule has 2 amide bonds. The quantitative estimate of drug-likeness (QED) is 0.349. The number of carbonyl (C=O) groups is 3. The first-order chi connectivity index (χ1) is 19.5. The summed E-state index contributed by atoms with van der Waals surface area (Å²) in [5.74, 6) is -1.31. The molecule has 198 valence electrons. The molecule has 4 atom stereocenters. The maximum Gasteiger partial charge on any atom is 0.251 e. The third-order valence-corrected chi connectivity index (χ3v) is 9.89. The zero-order valence-electron chi connectivity index (χ0n) is 22.2. The van der Waals surface area contributed by atoms with Gasteiger partial charge in [0.1, 0.15) is 11.0 Å². The Morgan fingerprint density at radius 3 is 2.45 bits per heavy atom. The summed E-state index contributed by atoms with van der Waals surface area (Å²) in [6.45, 7) is 2.73. The van der Waals surface area contributed by atoms with Gasteiger partial charge >= 0.3 is 0 Å². The molecule has 4 heterocycles. The number of hydrogen-bond donors (Lipinski definition) is 2. The van der Waals surface area contributed by atoms with Gasteiger partial charge in [0, 0.05) is 28.5 Å². The predicted octanol–water partition coefficient (Wildman–Crippen LogP) is 5.42. The molecule has 2 spiro atoms. The lowest BCUT2D eigenvalue weighted by Gasteiger charge is -2.43. The Labute approximate surface area is 232 Å². The Kier molecular flexibility index (Phi) is 4.79. The first kappa shape index (κ1) is 23.6. The molecule has 6 nitrogen and oxygen atoms in total. The van der Waals surface area contributed by atoms with Gasteiger partial charge in [-0.05, 0) is 65.9 Å². The van der Waals surface area contributed by atoms with Gasteiger partial charge < -0.3 is 10.6 Å². The molecule has 0 aliphatic carbocycles. The van der Waals surface area contributed by atoms with Crippen molar-refractivity contribution in [3.8, 4) is 0 Å². The van der Waals surface area contributed by atoms with Crippen molar-refractivity contribution in [2.75, 3.05) is 17.2 Å². The summed E-state index contributed by atoms with van der Waals surface area (Å²) in [7, 11) is 0. The van der Waals surface area contributed by atoms with Crippen LogP contribution in [0.4, 0.5) is 11.4 Å². The van der Waals surface area contributed by atoms with Gasteiger partial charge in [0.15, 0.2) is 5.78 Å². The Morgan fingerprint density at radius 1 is 0.850 bits per heavy atom. The average Bonchev–Trinajstić information content (AvgIpc) is 3.70. The number of aryl methyl sites for hydroxylation is 1. The number of ketones is 1. The van der Waals surface area contributed by atoms with Crippen molar-refractivity contribution in [3.05, 3.63) is 107 Å². The van der Waals surface area contributed by atoms with E-state index in [1.165, 1.54) is 0 Å². The van der Waals surface area contributed by atoms with Gasteiger partial charge in [-0.3, -0.25) is 19.3 Å². The van der Waals surface area contributed by atoms with E-state index >= 15 is 0 Å². The van der Waals surface area contributed by atoms with Crippen LogP contribution in [0.2, 0.25) is 0 Å². The lowest BCUT2D eigenvalue weighted by Crippen LogP contribution is -2.62. The third-order valence-electron chi connectivity index (χ3n) is 9.89. The van der Waals surface area contributed by atoms with Crippen LogP contribution < -0.4 is 10.6 Å². The molecule has 40 heavy (non-hydrogen) atoms.